The summed E-state index contributed by atoms with van der Waals surface area (Å²) in [4.78, 5) is 23.4. The number of halogens is 3. The molecule has 0 atom stereocenters. The molecule has 31 heavy (non-hydrogen) atoms. The van der Waals surface area contributed by atoms with Crippen molar-refractivity contribution in [1.29, 1.82) is 0 Å². The minimum atomic E-state index is -1.01. The molecule has 0 aliphatic carbocycles. The molecule has 0 heterocycles. The molecule has 0 spiro atoms. The fourth-order valence-electron chi connectivity index (χ4n) is 2.80. The highest BCUT2D eigenvalue weighted by atomic mass is 79.9. The van der Waals surface area contributed by atoms with E-state index in [1.165, 1.54) is 18.2 Å². The van der Waals surface area contributed by atoms with E-state index in [1.54, 1.807) is 42.5 Å². The number of carboxylic acid groups (broad SMARTS) is 1. The zero-order valence-corrected chi connectivity index (χ0v) is 19.1. The van der Waals surface area contributed by atoms with Crippen LogP contribution in [0.2, 0.25) is 0 Å². The first-order chi connectivity index (χ1) is 14.7. The standard InChI is InChI=1S/C22H16Br2FNO5/c23-17-8-14(10-20(28)29)9-18(24)21(17)31-15-6-7-19(27)16(11-15)22(30)26(25)12-13-4-2-1-3-5-13/h1-9,11,27H,10,12H2,(H,28,29). The van der Waals surface area contributed by atoms with Gasteiger partial charge in [0.15, 0.2) is 5.75 Å². The average molecular weight is 553 g/mol. The van der Waals surface area contributed by atoms with Gasteiger partial charge in [0.2, 0.25) is 0 Å². The summed E-state index contributed by atoms with van der Waals surface area (Å²) in [6.07, 6.45) is -0.164. The third-order valence-electron chi connectivity index (χ3n) is 4.22. The second-order valence-electron chi connectivity index (χ2n) is 6.55. The largest absolute Gasteiger partial charge is 0.507 e. The van der Waals surface area contributed by atoms with E-state index in [0.717, 1.165) is 0 Å². The number of carbonyl (C=O) groups excluding carboxylic acids is 1. The third kappa shape index (κ3) is 5.83. The van der Waals surface area contributed by atoms with Crippen LogP contribution >= 0.6 is 31.9 Å². The van der Waals surface area contributed by atoms with Crippen LogP contribution in [-0.2, 0) is 17.8 Å². The number of carboxylic acids is 1. The van der Waals surface area contributed by atoms with E-state index in [0.29, 0.717) is 25.8 Å². The molecule has 3 aromatic rings. The van der Waals surface area contributed by atoms with Gasteiger partial charge >= 0.3 is 5.97 Å². The highest BCUT2D eigenvalue weighted by molar-refractivity contribution is 9.11. The van der Waals surface area contributed by atoms with Crippen molar-refractivity contribution >= 4 is 43.7 Å². The van der Waals surface area contributed by atoms with Crippen LogP contribution < -0.4 is 4.74 Å². The van der Waals surface area contributed by atoms with Crippen molar-refractivity contribution < 1.29 is 29.0 Å². The molecule has 0 bridgehead atoms. The monoisotopic (exact) mass is 551 g/mol. The molecular formula is C22H16Br2FNO5. The van der Waals surface area contributed by atoms with Crippen LogP contribution in [0.4, 0.5) is 4.48 Å². The van der Waals surface area contributed by atoms with Crippen molar-refractivity contribution in [2.24, 2.45) is 0 Å². The zero-order valence-electron chi connectivity index (χ0n) is 15.9. The zero-order chi connectivity index (χ0) is 22.5. The lowest BCUT2D eigenvalue weighted by Gasteiger charge is -2.15. The van der Waals surface area contributed by atoms with E-state index in [-0.39, 0.29) is 35.2 Å². The topological polar surface area (TPSA) is 87.1 Å². The number of phenolic OH excluding ortho intramolecular Hbond substituents is 1. The minimum absolute atomic E-state index is 0.0146. The fraction of sp³-hybridized carbons (Fsp3) is 0.0909. The fourth-order valence-corrected chi connectivity index (χ4v) is 4.24. The Kier molecular flexibility index (Phi) is 7.29. The van der Waals surface area contributed by atoms with E-state index in [2.05, 4.69) is 31.9 Å². The van der Waals surface area contributed by atoms with E-state index in [4.69, 9.17) is 9.84 Å². The van der Waals surface area contributed by atoms with Crippen LogP contribution in [0.25, 0.3) is 0 Å². The maximum absolute atomic E-state index is 14.5. The van der Waals surface area contributed by atoms with E-state index in [9.17, 15) is 19.2 Å². The lowest BCUT2D eigenvalue weighted by molar-refractivity contribution is -0.136. The predicted molar refractivity (Wildman–Crippen MR) is 119 cm³/mol. The summed E-state index contributed by atoms with van der Waals surface area (Å²) < 4.78 is 21.2. The van der Waals surface area contributed by atoms with Crippen LogP contribution in [0.5, 0.6) is 17.2 Å². The second kappa shape index (κ2) is 9.93. The van der Waals surface area contributed by atoms with Crippen LogP contribution in [0, 0.1) is 0 Å². The number of nitrogens with zero attached hydrogens (tertiary/aromatic N) is 1. The molecule has 3 aromatic carbocycles. The minimum Gasteiger partial charge on any atom is -0.507 e. The predicted octanol–water partition coefficient (Wildman–Crippen LogP) is 5.86. The molecule has 0 aliphatic heterocycles. The second-order valence-corrected chi connectivity index (χ2v) is 8.26. The van der Waals surface area contributed by atoms with Gasteiger partial charge in [-0.25, -0.2) is 0 Å². The lowest BCUT2D eigenvalue weighted by atomic mass is 10.1. The Morgan fingerprint density at radius 1 is 0.968 bits per heavy atom. The molecule has 3 rings (SSSR count). The molecule has 0 aliphatic rings. The summed E-state index contributed by atoms with van der Waals surface area (Å²) in [5.74, 6) is -1.86. The van der Waals surface area contributed by atoms with E-state index >= 15 is 0 Å². The quantitative estimate of drug-likeness (QED) is 0.358. The first kappa shape index (κ1) is 22.8. The molecule has 0 unspecified atom stereocenters. The van der Waals surface area contributed by atoms with Gasteiger partial charge in [-0.2, -0.15) is 5.12 Å². The average Bonchev–Trinajstić information content (AvgIpc) is 2.71. The molecule has 0 radical (unpaired) electrons. The lowest BCUT2D eigenvalue weighted by Crippen LogP contribution is -2.22. The molecule has 0 fully saturated rings. The van der Waals surface area contributed by atoms with Gasteiger partial charge < -0.3 is 14.9 Å². The number of rotatable bonds is 7. The molecule has 160 valence electrons. The molecule has 2 N–H and O–H groups in total. The van der Waals surface area contributed by atoms with Gasteiger partial charge in [-0.15, -0.1) is 0 Å². The third-order valence-corrected chi connectivity index (χ3v) is 5.39. The summed E-state index contributed by atoms with van der Waals surface area (Å²) in [5, 5.41) is 19.0. The normalized spacial score (nSPS) is 10.5. The number of phenols is 1. The Hall–Kier alpha value is -2.91. The van der Waals surface area contributed by atoms with E-state index in [1.807, 2.05) is 0 Å². The number of aliphatic carboxylic acids is 1. The molecule has 0 saturated carbocycles. The number of benzene rings is 3. The summed E-state index contributed by atoms with van der Waals surface area (Å²) in [6.45, 7) is -0.271. The van der Waals surface area contributed by atoms with Gasteiger partial charge in [-0.3, -0.25) is 9.59 Å². The maximum Gasteiger partial charge on any atom is 0.307 e. The van der Waals surface area contributed by atoms with Crippen LogP contribution in [0.15, 0.2) is 69.6 Å². The molecule has 1 amide bonds. The van der Waals surface area contributed by atoms with Crippen molar-refractivity contribution in [2.45, 2.75) is 13.0 Å². The van der Waals surface area contributed by atoms with Gasteiger partial charge in [-0.1, -0.05) is 34.8 Å². The number of carbonyl (C=O) groups is 2. The molecule has 9 heteroatoms. The van der Waals surface area contributed by atoms with Crippen molar-refractivity contribution in [2.75, 3.05) is 0 Å². The van der Waals surface area contributed by atoms with Gasteiger partial charge in [0, 0.05) is 0 Å². The molecule has 6 nitrogen and oxygen atoms in total. The summed E-state index contributed by atoms with van der Waals surface area (Å²) in [6, 6.07) is 15.7. The van der Waals surface area contributed by atoms with Gasteiger partial charge in [0.05, 0.1) is 27.5 Å². The first-order valence-electron chi connectivity index (χ1n) is 8.96. The van der Waals surface area contributed by atoms with Crippen molar-refractivity contribution in [3.05, 3.63) is 86.3 Å². The number of amides is 1. The number of ether oxygens (including phenoxy) is 1. The summed E-state index contributed by atoms with van der Waals surface area (Å²) in [5.41, 5.74) is 0.888. The highest BCUT2D eigenvalue weighted by Crippen LogP contribution is 2.39. The van der Waals surface area contributed by atoms with Crippen molar-refractivity contribution in [1.82, 2.24) is 5.12 Å². The Balaban J connectivity index is 1.83. The van der Waals surface area contributed by atoms with Gasteiger partial charge in [0.25, 0.3) is 5.91 Å². The molecule has 0 saturated heterocycles. The Bertz CT molecular complexity index is 1100. The van der Waals surface area contributed by atoms with Crippen molar-refractivity contribution in [3.8, 4) is 17.2 Å². The van der Waals surface area contributed by atoms with Crippen LogP contribution in [0.3, 0.4) is 0 Å². The highest BCUT2D eigenvalue weighted by Gasteiger charge is 2.21. The van der Waals surface area contributed by atoms with Crippen LogP contribution in [0.1, 0.15) is 21.5 Å². The Morgan fingerprint density at radius 3 is 2.23 bits per heavy atom. The maximum atomic E-state index is 14.5. The Labute approximate surface area is 194 Å². The Morgan fingerprint density at radius 2 is 1.61 bits per heavy atom. The number of hydrogen-bond acceptors (Lipinski definition) is 4. The molecular weight excluding hydrogens is 537 g/mol. The molecule has 0 aromatic heterocycles. The van der Waals surface area contributed by atoms with Gasteiger partial charge in [-0.05, 0) is 73.3 Å². The number of hydrogen-bond donors (Lipinski definition) is 2. The smallest absolute Gasteiger partial charge is 0.307 e. The summed E-state index contributed by atoms with van der Waals surface area (Å²) in [7, 11) is 0. The van der Waals surface area contributed by atoms with E-state index < -0.39 is 11.9 Å². The van der Waals surface area contributed by atoms with Gasteiger partial charge in [0.1, 0.15) is 11.5 Å². The van der Waals surface area contributed by atoms with Crippen LogP contribution in [-0.4, -0.2) is 27.2 Å². The SMILES string of the molecule is O=C(O)Cc1cc(Br)c(Oc2ccc(O)c(C(=O)N(F)Cc3ccccc3)c2)c(Br)c1. The number of aromatic hydroxyl groups is 1. The summed E-state index contributed by atoms with van der Waals surface area (Å²) >= 11 is 6.67. The van der Waals surface area contributed by atoms with Crippen molar-refractivity contribution in [3.63, 3.8) is 0 Å². The first-order valence-corrected chi connectivity index (χ1v) is 10.6.